The topological polar surface area (TPSA) is 63.7 Å². The summed E-state index contributed by atoms with van der Waals surface area (Å²) < 4.78 is 5.14. The first kappa shape index (κ1) is 19.6. The maximum atomic E-state index is 12.9. The molecule has 0 bridgehead atoms. The van der Waals surface area contributed by atoms with Gasteiger partial charge in [-0.25, -0.2) is 9.69 Å². The molecule has 0 aromatic heterocycles. The summed E-state index contributed by atoms with van der Waals surface area (Å²) in [5, 5.41) is 0. The van der Waals surface area contributed by atoms with Gasteiger partial charge in [-0.1, -0.05) is 78.9 Å². The predicted octanol–water partition coefficient (Wildman–Crippen LogP) is 4.05. The second-order valence-electron chi connectivity index (χ2n) is 7.26. The number of nitrogens with zero attached hydrogens (tertiary/aromatic N) is 1. The minimum atomic E-state index is -0.613. The van der Waals surface area contributed by atoms with Crippen molar-refractivity contribution in [3.8, 4) is 0 Å². The fourth-order valence-corrected chi connectivity index (χ4v) is 3.64. The van der Waals surface area contributed by atoms with E-state index in [1.165, 1.54) is 4.90 Å². The summed E-state index contributed by atoms with van der Waals surface area (Å²) in [7, 11) is 0. The van der Waals surface area contributed by atoms with Gasteiger partial charge in [-0.2, -0.15) is 0 Å². The molecule has 1 fully saturated rings. The van der Waals surface area contributed by atoms with Crippen LogP contribution < -0.4 is 0 Å². The van der Waals surface area contributed by atoms with E-state index in [0.717, 1.165) is 5.56 Å². The maximum Gasteiger partial charge on any atom is 0.416 e. The van der Waals surface area contributed by atoms with Gasteiger partial charge in [0, 0.05) is 11.1 Å². The van der Waals surface area contributed by atoms with Crippen molar-refractivity contribution in [2.24, 2.45) is 0 Å². The third-order valence-electron chi connectivity index (χ3n) is 5.12. The third-order valence-corrected chi connectivity index (χ3v) is 5.12. The lowest BCUT2D eigenvalue weighted by Gasteiger charge is -2.20. The van der Waals surface area contributed by atoms with Crippen molar-refractivity contribution in [1.29, 1.82) is 0 Å². The van der Waals surface area contributed by atoms with E-state index < -0.39 is 6.09 Å². The van der Waals surface area contributed by atoms with E-state index in [2.05, 4.69) is 0 Å². The molecule has 0 unspecified atom stereocenters. The molecule has 4 rings (SSSR count). The fourth-order valence-electron chi connectivity index (χ4n) is 3.64. The van der Waals surface area contributed by atoms with Crippen LogP contribution >= 0.6 is 0 Å². The van der Waals surface area contributed by atoms with Crippen LogP contribution in [0.3, 0.4) is 0 Å². The Morgan fingerprint density at radius 1 is 0.833 bits per heavy atom. The number of hydrogen-bond acceptors (Lipinski definition) is 4. The molecule has 1 aliphatic rings. The van der Waals surface area contributed by atoms with E-state index in [1.54, 1.807) is 36.4 Å². The minimum absolute atomic E-state index is 0.0241. The SMILES string of the molecule is O=C(c1ccccc1)c1cccc(CC(=O)N2C(=O)OC[C@@H]2Cc2ccccc2)c1. The molecule has 5 heteroatoms. The van der Waals surface area contributed by atoms with E-state index in [-0.39, 0.29) is 30.8 Å². The molecule has 1 aliphatic heterocycles. The molecule has 1 heterocycles. The van der Waals surface area contributed by atoms with Gasteiger partial charge in [-0.15, -0.1) is 0 Å². The van der Waals surface area contributed by atoms with Crippen LogP contribution in [-0.4, -0.2) is 35.3 Å². The Balaban J connectivity index is 1.49. The van der Waals surface area contributed by atoms with Crippen molar-refractivity contribution in [2.75, 3.05) is 6.61 Å². The number of carbonyl (C=O) groups is 3. The average molecular weight is 399 g/mol. The van der Waals surface area contributed by atoms with Gasteiger partial charge >= 0.3 is 6.09 Å². The third kappa shape index (κ3) is 4.30. The molecule has 30 heavy (non-hydrogen) atoms. The highest BCUT2D eigenvalue weighted by molar-refractivity contribution is 6.09. The van der Waals surface area contributed by atoms with Crippen LogP contribution in [0.4, 0.5) is 4.79 Å². The monoisotopic (exact) mass is 399 g/mol. The average Bonchev–Trinajstić information content (AvgIpc) is 3.14. The highest BCUT2D eigenvalue weighted by atomic mass is 16.6. The molecular formula is C25H21NO4. The van der Waals surface area contributed by atoms with Crippen molar-refractivity contribution in [2.45, 2.75) is 18.9 Å². The molecule has 1 atom stereocenters. The Morgan fingerprint density at radius 3 is 2.20 bits per heavy atom. The molecule has 5 nitrogen and oxygen atoms in total. The van der Waals surface area contributed by atoms with Crippen molar-refractivity contribution in [1.82, 2.24) is 4.90 Å². The molecule has 0 spiro atoms. The Kier molecular flexibility index (Phi) is 5.70. The van der Waals surface area contributed by atoms with Gasteiger partial charge in [0.05, 0.1) is 12.5 Å². The second kappa shape index (κ2) is 8.74. The van der Waals surface area contributed by atoms with Crippen molar-refractivity contribution in [3.63, 3.8) is 0 Å². The normalized spacial score (nSPS) is 15.7. The number of ether oxygens (including phenoxy) is 1. The molecule has 1 saturated heterocycles. The number of hydrogen-bond donors (Lipinski definition) is 0. The molecule has 0 N–H and O–H groups in total. The Morgan fingerprint density at radius 2 is 1.47 bits per heavy atom. The highest BCUT2D eigenvalue weighted by Crippen LogP contribution is 2.20. The molecule has 3 aromatic carbocycles. The Labute approximate surface area is 174 Å². The van der Waals surface area contributed by atoms with Crippen LogP contribution in [0.5, 0.6) is 0 Å². The smallest absolute Gasteiger partial charge is 0.416 e. The molecule has 0 radical (unpaired) electrons. The Bertz CT molecular complexity index is 1060. The predicted molar refractivity (Wildman–Crippen MR) is 112 cm³/mol. The number of cyclic esters (lactones) is 1. The number of benzene rings is 3. The number of amides is 2. The number of ketones is 1. The van der Waals surface area contributed by atoms with E-state index in [9.17, 15) is 14.4 Å². The molecular weight excluding hydrogens is 378 g/mol. The summed E-state index contributed by atoms with van der Waals surface area (Å²) in [6.45, 7) is 0.187. The zero-order valence-corrected chi connectivity index (χ0v) is 16.4. The van der Waals surface area contributed by atoms with Crippen molar-refractivity contribution >= 4 is 17.8 Å². The first-order valence-electron chi connectivity index (χ1n) is 9.83. The summed E-state index contributed by atoms with van der Waals surface area (Å²) in [4.78, 5) is 39.0. The second-order valence-corrected chi connectivity index (χ2v) is 7.26. The van der Waals surface area contributed by atoms with Crippen LogP contribution in [0.25, 0.3) is 0 Å². The van der Waals surface area contributed by atoms with Crippen LogP contribution in [-0.2, 0) is 22.4 Å². The van der Waals surface area contributed by atoms with Gasteiger partial charge in [0.2, 0.25) is 5.91 Å². The molecule has 3 aromatic rings. The van der Waals surface area contributed by atoms with E-state index in [1.807, 2.05) is 48.5 Å². The zero-order chi connectivity index (χ0) is 20.9. The lowest BCUT2D eigenvalue weighted by atomic mass is 10.00. The summed E-state index contributed by atoms with van der Waals surface area (Å²) in [6, 6.07) is 25.3. The summed E-state index contributed by atoms with van der Waals surface area (Å²) in [6.07, 6.45) is -0.0429. The maximum absolute atomic E-state index is 12.9. The highest BCUT2D eigenvalue weighted by Gasteiger charge is 2.37. The molecule has 2 amide bonds. The van der Waals surface area contributed by atoms with Gasteiger partial charge in [0.15, 0.2) is 5.78 Å². The van der Waals surface area contributed by atoms with Gasteiger partial charge in [-0.05, 0) is 23.6 Å². The first-order chi connectivity index (χ1) is 14.6. The van der Waals surface area contributed by atoms with E-state index >= 15 is 0 Å². The van der Waals surface area contributed by atoms with Gasteiger partial charge in [-0.3, -0.25) is 9.59 Å². The minimum Gasteiger partial charge on any atom is -0.447 e. The standard InChI is InChI=1S/C25H21NO4/c27-23(26-22(17-30-25(26)29)15-18-8-3-1-4-9-18)16-19-10-7-13-21(14-19)24(28)20-11-5-2-6-12-20/h1-14,22H,15-17H2/t22-/m0/s1. The summed E-state index contributed by atoms with van der Waals surface area (Å²) in [5.74, 6) is -0.435. The summed E-state index contributed by atoms with van der Waals surface area (Å²) in [5.41, 5.74) is 2.82. The zero-order valence-electron chi connectivity index (χ0n) is 16.4. The van der Waals surface area contributed by atoms with Gasteiger partial charge in [0.1, 0.15) is 6.61 Å². The number of imide groups is 1. The van der Waals surface area contributed by atoms with Gasteiger partial charge in [0.25, 0.3) is 0 Å². The van der Waals surface area contributed by atoms with E-state index in [0.29, 0.717) is 23.1 Å². The van der Waals surface area contributed by atoms with Crippen molar-refractivity contribution < 1.29 is 19.1 Å². The molecule has 0 aliphatic carbocycles. The van der Waals surface area contributed by atoms with Crippen LogP contribution in [0, 0.1) is 0 Å². The quantitative estimate of drug-likeness (QED) is 0.587. The first-order valence-corrected chi connectivity index (χ1v) is 9.83. The molecule has 0 saturated carbocycles. The lowest BCUT2D eigenvalue weighted by molar-refractivity contribution is -0.128. The summed E-state index contributed by atoms with van der Waals surface area (Å²) >= 11 is 0. The van der Waals surface area contributed by atoms with Crippen LogP contribution in [0.2, 0.25) is 0 Å². The van der Waals surface area contributed by atoms with Gasteiger partial charge < -0.3 is 4.74 Å². The fraction of sp³-hybridized carbons (Fsp3) is 0.160. The van der Waals surface area contributed by atoms with Crippen LogP contribution in [0.1, 0.15) is 27.0 Å². The van der Waals surface area contributed by atoms with Crippen molar-refractivity contribution in [3.05, 3.63) is 107 Å². The number of rotatable bonds is 6. The van der Waals surface area contributed by atoms with E-state index in [4.69, 9.17) is 4.74 Å². The molecule has 150 valence electrons. The lowest BCUT2D eigenvalue weighted by Crippen LogP contribution is -2.41. The van der Waals surface area contributed by atoms with Crippen LogP contribution in [0.15, 0.2) is 84.9 Å². The Hall–Kier alpha value is -3.73. The largest absolute Gasteiger partial charge is 0.447 e. The number of carbonyl (C=O) groups excluding carboxylic acids is 3.